The zero-order valence-corrected chi connectivity index (χ0v) is 29.3. The average molecular weight is 673 g/mol. The van der Waals surface area contributed by atoms with E-state index in [-0.39, 0.29) is 5.92 Å². The lowest BCUT2D eigenvalue weighted by molar-refractivity contribution is 0.567. The van der Waals surface area contributed by atoms with Gasteiger partial charge in [0.15, 0.2) is 0 Å². The van der Waals surface area contributed by atoms with Crippen LogP contribution in [0.25, 0.3) is 95.9 Å². The second kappa shape index (κ2) is 10.3. The van der Waals surface area contributed by atoms with Crippen molar-refractivity contribution in [1.82, 2.24) is 9.13 Å². The molecule has 0 radical (unpaired) electrons. The first-order valence-electron chi connectivity index (χ1n) is 18.7. The van der Waals surface area contributed by atoms with Crippen LogP contribution in [0.15, 0.2) is 99.9 Å². The van der Waals surface area contributed by atoms with Gasteiger partial charge < -0.3 is 18.0 Å². The fourth-order valence-corrected chi connectivity index (χ4v) is 9.93. The summed E-state index contributed by atoms with van der Waals surface area (Å²) in [5, 5.41) is 6.25. The molecule has 0 amide bonds. The van der Waals surface area contributed by atoms with E-state index in [9.17, 15) is 0 Å². The predicted molar refractivity (Wildman–Crippen MR) is 214 cm³/mol. The minimum absolute atomic E-state index is 0.221. The van der Waals surface area contributed by atoms with Crippen molar-refractivity contribution < 1.29 is 8.83 Å². The normalized spacial score (nSPS) is 17.1. The van der Waals surface area contributed by atoms with Crippen LogP contribution < -0.4 is 10.6 Å². The highest BCUT2D eigenvalue weighted by atomic mass is 16.3. The van der Waals surface area contributed by atoms with E-state index in [1.165, 1.54) is 93.7 Å². The molecule has 4 aliphatic rings. The number of rotatable bonds is 2. The third-order valence-electron chi connectivity index (χ3n) is 12.5. The molecule has 250 valence electrons. The van der Waals surface area contributed by atoms with Gasteiger partial charge in [0.1, 0.15) is 22.3 Å². The first-order valence-corrected chi connectivity index (χ1v) is 18.7. The minimum Gasteiger partial charge on any atom is -0.456 e. The molecule has 12 rings (SSSR count). The van der Waals surface area contributed by atoms with Crippen LogP contribution in [0.4, 0.5) is 0 Å². The molecular formula is C48H36N2O2. The monoisotopic (exact) mass is 672 g/mol. The average Bonchev–Trinajstić information content (AvgIpc) is 3.92. The van der Waals surface area contributed by atoms with Gasteiger partial charge >= 0.3 is 0 Å². The van der Waals surface area contributed by atoms with Gasteiger partial charge in [-0.2, -0.15) is 0 Å². The summed E-state index contributed by atoms with van der Waals surface area (Å²) in [7, 11) is 4.39. The van der Waals surface area contributed by atoms with Gasteiger partial charge in [0, 0.05) is 85.9 Å². The molecule has 1 unspecified atom stereocenters. The molecule has 0 bridgehead atoms. The number of hydrogen-bond acceptors (Lipinski definition) is 2. The van der Waals surface area contributed by atoms with Crippen molar-refractivity contribution in [2.75, 3.05) is 0 Å². The van der Waals surface area contributed by atoms with Crippen molar-refractivity contribution in [3.05, 3.63) is 135 Å². The number of aryl methyl sites for hydroxylation is 2. The van der Waals surface area contributed by atoms with E-state index < -0.39 is 0 Å². The van der Waals surface area contributed by atoms with E-state index in [0.29, 0.717) is 0 Å². The standard InChI is InChI=1S/C48H36N2O2/c1-49-39-9-5-3-7-31(39)37-23-27(13-19-41(37)49)29-11-15-35-45(25-29)51-43-21-17-34-33(47(35)43)18-22-44-48(34)36-16-12-30(26-46(36)52-44)28-14-20-42-38(24-28)32-8-4-6-10-40(32)50(42)2/h3-4,7-8,11-17,19-26,33H,5-6,9-10,18H2,1-2H3. The molecule has 0 saturated heterocycles. The van der Waals surface area contributed by atoms with Gasteiger partial charge in [-0.1, -0.05) is 60.7 Å². The number of hydrogen-bond donors (Lipinski definition) is 0. The summed E-state index contributed by atoms with van der Waals surface area (Å²) in [4.78, 5) is 0. The second-order valence-electron chi connectivity index (χ2n) is 15.1. The van der Waals surface area contributed by atoms with E-state index in [4.69, 9.17) is 8.83 Å². The topological polar surface area (TPSA) is 36.1 Å². The number of allylic oxidation sites excluding steroid dienone is 3. The van der Waals surface area contributed by atoms with Crippen molar-refractivity contribution in [2.24, 2.45) is 14.1 Å². The summed E-state index contributed by atoms with van der Waals surface area (Å²) in [6, 6.07) is 27.3. The molecule has 8 aromatic rings. The van der Waals surface area contributed by atoms with Crippen LogP contribution in [-0.4, -0.2) is 9.13 Å². The van der Waals surface area contributed by atoms with E-state index in [1.54, 1.807) is 0 Å². The lowest BCUT2D eigenvalue weighted by atomic mass is 9.79. The summed E-state index contributed by atoms with van der Waals surface area (Å²) in [6.07, 6.45) is 21.2. The molecular weight excluding hydrogens is 637 g/mol. The molecule has 4 aliphatic carbocycles. The maximum Gasteiger partial charge on any atom is 0.136 e. The molecule has 0 aliphatic heterocycles. The zero-order chi connectivity index (χ0) is 34.2. The van der Waals surface area contributed by atoms with Crippen LogP contribution in [0.2, 0.25) is 0 Å². The predicted octanol–water partition coefficient (Wildman–Crippen LogP) is 10.6. The van der Waals surface area contributed by atoms with Crippen LogP contribution in [0.5, 0.6) is 0 Å². The highest BCUT2D eigenvalue weighted by Gasteiger charge is 2.30. The second-order valence-corrected chi connectivity index (χ2v) is 15.1. The van der Waals surface area contributed by atoms with Gasteiger partial charge in [-0.05, 0) is 115 Å². The zero-order valence-electron chi connectivity index (χ0n) is 29.3. The molecule has 4 aromatic carbocycles. The van der Waals surface area contributed by atoms with Crippen LogP contribution in [0.3, 0.4) is 0 Å². The molecule has 4 heterocycles. The van der Waals surface area contributed by atoms with Crippen LogP contribution in [0, 0.1) is 0 Å². The Morgan fingerprint density at radius 1 is 0.577 bits per heavy atom. The largest absolute Gasteiger partial charge is 0.456 e. The maximum absolute atomic E-state index is 6.62. The molecule has 0 fully saturated rings. The molecule has 4 nitrogen and oxygen atoms in total. The smallest absolute Gasteiger partial charge is 0.136 e. The lowest BCUT2D eigenvalue weighted by Crippen LogP contribution is -2.29. The summed E-state index contributed by atoms with van der Waals surface area (Å²) in [5.74, 6) is 1.19. The highest BCUT2D eigenvalue weighted by molar-refractivity contribution is 5.99. The number of fused-ring (bicyclic) bond motifs is 14. The number of aromatic nitrogens is 2. The van der Waals surface area contributed by atoms with Crippen molar-refractivity contribution in [3.8, 4) is 22.3 Å². The number of furan rings is 2. The lowest BCUT2D eigenvalue weighted by Gasteiger charge is -2.22. The van der Waals surface area contributed by atoms with Gasteiger partial charge in [0.25, 0.3) is 0 Å². The molecule has 52 heavy (non-hydrogen) atoms. The van der Waals surface area contributed by atoms with Crippen molar-refractivity contribution in [2.45, 2.75) is 38.0 Å². The Balaban J connectivity index is 0.938. The van der Waals surface area contributed by atoms with E-state index in [2.05, 4.69) is 139 Å². The summed E-state index contributed by atoms with van der Waals surface area (Å²) in [6.45, 7) is 0. The van der Waals surface area contributed by atoms with Crippen molar-refractivity contribution in [1.29, 1.82) is 0 Å². The Labute approximate surface area is 300 Å². The summed E-state index contributed by atoms with van der Waals surface area (Å²) < 4.78 is 18.0. The van der Waals surface area contributed by atoms with Gasteiger partial charge in [0.2, 0.25) is 0 Å². The van der Waals surface area contributed by atoms with Gasteiger partial charge in [0.05, 0.1) is 0 Å². The molecule has 4 heteroatoms. The SMILES string of the molecule is Cn1c2c(c3cc(-c4ccc5c6c(oc5c4)C=CC4=c5c(oc7cc(-c8ccc9c(c8)c8c(n9C)CCC=C8)ccc57)=CCC46)ccc31)C=CCC2. The van der Waals surface area contributed by atoms with E-state index >= 15 is 0 Å². The highest BCUT2D eigenvalue weighted by Crippen LogP contribution is 2.45. The van der Waals surface area contributed by atoms with Crippen LogP contribution >= 0.6 is 0 Å². The Morgan fingerprint density at radius 3 is 1.81 bits per heavy atom. The quantitative estimate of drug-likeness (QED) is 0.183. The third kappa shape index (κ3) is 3.82. The van der Waals surface area contributed by atoms with Crippen molar-refractivity contribution in [3.63, 3.8) is 0 Å². The first-order chi connectivity index (χ1) is 25.6. The number of nitrogens with zero attached hydrogens (tertiary/aromatic N) is 2. The molecule has 1 atom stereocenters. The van der Waals surface area contributed by atoms with Gasteiger partial charge in [-0.3, -0.25) is 0 Å². The van der Waals surface area contributed by atoms with Crippen LogP contribution in [0.1, 0.15) is 59.0 Å². The Bertz CT molecular complexity index is 3130. The van der Waals surface area contributed by atoms with Crippen LogP contribution in [-0.2, 0) is 26.9 Å². The molecule has 0 N–H and O–H groups in total. The Morgan fingerprint density at radius 2 is 1.15 bits per heavy atom. The Kier molecular flexibility index (Phi) is 5.68. The number of benzene rings is 4. The van der Waals surface area contributed by atoms with Gasteiger partial charge in [-0.25, -0.2) is 0 Å². The first kappa shape index (κ1) is 28.7. The van der Waals surface area contributed by atoms with E-state index in [1.807, 2.05) is 0 Å². The Hall–Kier alpha value is -6.00. The summed E-state index contributed by atoms with van der Waals surface area (Å²) >= 11 is 0. The maximum atomic E-state index is 6.62. The fraction of sp³-hybridized carbons (Fsp3) is 0.167. The third-order valence-corrected chi connectivity index (χ3v) is 12.5. The van der Waals surface area contributed by atoms with Crippen molar-refractivity contribution >= 4 is 73.6 Å². The minimum atomic E-state index is 0.221. The molecule has 4 aromatic heterocycles. The van der Waals surface area contributed by atoms with Gasteiger partial charge in [-0.15, -0.1) is 0 Å². The fourth-order valence-electron chi connectivity index (χ4n) is 9.93. The van der Waals surface area contributed by atoms with E-state index in [0.717, 1.165) is 54.4 Å². The molecule has 0 saturated carbocycles. The summed E-state index contributed by atoms with van der Waals surface area (Å²) in [5.41, 5.74) is 18.5. The molecule has 0 spiro atoms.